The average Bonchev–Trinajstić information content (AvgIpc) is 1.93. The summed E-state index contributed by atoms with van der Waals surface area (Å²) in [6.45, 7) is 4.63. The van der Waals surface area contributed by atoms with Gasteiger partial charge in [-0.05, 0) is 32.2 Å². The van der Waals surface area contributed by atoms with Crippen LogP contribution in [-0.2, 0) is 0 Å². The number of rotatable bonds is 2. The third-order valence-electron chi connectivity index (χ3n) is 2.23. The second-order valence-corrected chi connectivity index (χ2v) is 5.05. The highest BCUT2D eigenvalue weighted by Crippen LogP contribution is 2.27. The second-order valence-electron chi connectivity index (χ2n) is 3.81. The maximum Gasteiger partial charge on any atom is 0.0202 e. The van der Waals surface area contributed by atoms with Crippen LogP contribution in [0.4, 0.5) is 0 Å². The van der Waals surface area contributed by atoms with Crippen LogP contribution in [0.1, 0.15) is 33.1 Å². The average molecular weight is 173 g/mol. The Balaban J connectivity index is 2.29. The first kappa shape index (κ1) is 9.40. The van der Waals surface area contributed by atoms with E-state index in [1.54, 1.807) is 0 Å². The van der Waals surface area contributed by atoms with Crippen molar-refractivity contribution in [2.75, 3.05) is 12.8 Å². The predicted octanol–water partition coefficient (Wildman–Crippen LogP) is 2.77. The summed E-state index contributed by atoms with van der Waals surface area (Å²) in [5.74, 6) is 2.17. The summed E-state index contributed by atoms with van der Waals surface area (Å²) in [6.07, 6.45) is 4.18. The monoisotopic (exact) mass is 173 g/mol. The maximum absolute atomic E-state index is 2.45. The van der Waals surface area contributed by atoms with Crippen molar-refractivity contribution in [3.8, 4) is 0 Å². The van der Waals surface area contributed by atoms with Crippen LogP contribution < -0.4 is 0 Å². The summed E-state index contributed by atoms with van der Waals surface area (Å²) in [5.41, 5.74) is 0. The van der Waals surface area contributed by atoms with Crippen LogP contribution in [0.3, 0.4) is 0 Å². The first-order chi connectivity index (χ1) is 5.20. The van der Waals surface area contributed by atoms with Gasteiger partial charge in [0, 0.05) is 11.8 Å². The van der Waals surface area contributed by atoms with Gasteiger partial charge in [-0.2, -0.15) is 0 Å². The van der Waals surface area contributed by atoms with Gasteiger partial charge in [-0.25, -0.2) is 0 Å². The zero-order valence-corrected chi connectivity index (χ0v) is 8.66. The molecule has 0 spiro atoms. The second kappa shape index (κ2) is 4.36. The zero-order valence-electron chi connectivity index (χ0n) is 7.84. The third-order valence-corrected chi connectivity index (χ3v) is 3.41. The van der Waals surface area contributed by atoms with E-state index < -0.39 is 0 Å². The Morgan fingerprint density at radius 2 is 2.27 bits per heavy atom. The summed E-state index contributed by atoms with van der Waals surface area (Å²) in [6, 6.07) is 0.841. The lowest BCUT2D eigenvalue weighted by Crippen LogP contribution is -2.31. The molecule has 1 nitrogen and oxygen atoms in total. The van der Waals surface area contributed by atoms with Gasteiger partial charge in [0.05, 0.1) is 0 Å². The molecule has 11 heavy (non-hydrogen) atoms. The van der Waals surface area contributed by atoms with Crippen molar-refractivity contribution < 1.29 is 0 Å². The van der Waals surface area contributed by atoms with E-state index in [1.807, 2.05) is 11.9 Å². The Hall–Kier alpha value is 0.310. The molecule has 2 heteroatoms. The molecule has 1 aliphatic rings. The SMILES string of the molecule is CC(C)CC1CCCSN1C. The molecule has 66 valence electrons. The molecule has 1 fully saturated rings. The summed E-state index contributed by atoms with van der Waals surface area (Å²) in [7, 11) is 2.23. The molecule has 0 aromatic carbocycles. The molecule has 0 aliphatic carbocycles. The van der Waals surface area contributed by atoms with Gasteiger partial charge >= 0.3 is 0 Å². The topological polar surface area (TPSA) is 3.24 Å². The van der Waals surface area contributed by atoms with Crippen LogP contribution in [0.2, 0.25) is 0 Å². The van der Waals surface area contributed by atoms with Gasteiger partial charge in [0.2, 0.25) is 0 Å². The van der Waals surface area contributed by atoms with Gasteiger partial charge in [-0.15, -0.1) is 0 Å². The van der Waals surface area contributed by atoms with Crippen molar-refractivity contribution in [3.63, 3.8) is 0 Å². The first-order valence-corrected chi connectivity index (χ1v) is 5.50. The van der Waals surface area contributed by atoms with Gasteiger partial charge in [0.25, 0.3) is 0 Å². The van der Waals surface area contributed by atoms with E-state index in [1.165, 1.54) is 25.0 Å². The Morgan fingerprint density at radius 1 is 1.55 bits per heavy atom. The van der Waals surface area contributed by atoms with Crippen molar-refractivity contribution in [2.45, 2.75) is 39.2 Å². The molecule has 1 rings (SSSR count). The van der Waals surface area contributed by atoms with E-state index in [2.05, 4.69) is 25.2 Å². The molecular weight excluding hydrogens is 154 g/mol. The fourth-order valence-corrected chi connectivity index (χ4v) is 2.61. The molecule has 0 aromatic heterocycles. The van der Waals surface area contributed by atoms with Crippen molar-refractivity contribution in [2.24, 2.45) is 5.92 Å². The fraction of sp³-hybridized carbons (Fsp3) is 1.00. The standard InChI is InChI=1S/C9H19NS/c1-8(2)7-9-5-4-6-11-10(9)3/h8-9H,4-7H2,1-3H3. The van der Waals surface area contributed by atoms with Gasteiger partial charge in [0.15, 0.2) is 0 Å². The maximum atomic E-state index is 2.45. The number of hydrogen-bond acceptors (Lipinski definition) is 2. The summed E-state index contributed by atoms with van der Waals surface area (Å²) >= 11 is 2.00. The lowest BCUT2D eigenvalue weighted by Gasteiger charge is -2.32. The Labute approximate surface area is 74.7 Å². The molecule has 1 saturated heterocycles. The highest BCUT2D eigenvalue weighted by atomic mass is 32.2. The van der Waals surface area contributed by atoms with Gasteiger partial charge in [-0.3, -0.25) is 4.31 Å². The molecule has 1 aliphatic heterocycles. The fourth-order valence-electron chi connectivity index (χ4n) is 1.63. The predicted molar refractivity (Wildman–Crippen MR) is 52.7 cm³/mol. The van der Waals surface area contributed by atoms with E-state index in [9.17, 15) is 0 Å². The minimum Gasteiger partial charge on any atom is -0.251 e. The van der Waals surface area contributed by atoms with E-state index in [4.69, 9.17) is 0 Å². The van der Waals surface area contributed by atoms with Crippen LogP contribution >= 0.6 is 11.9 Å². The van der Waals surface area contributed by atoms with Gasteiger partial charge < -0.3 is 0 Å². The highest BCUT2D eigenvalue weighted by Gasteiger charge is 2.19. The molecular formula is C9H19NS. The molecule has 0 aromatic rings. The molecule has 1 atom stereocenters. The zero-order chi connectivity index (χ0) is 8.27. The third kappa shape index (κ3) is 3.04. The van der Waals surface area contributed by atoms with Gasteiger partial charge in [-0.1, -0.05) is 25.8 Å². The first-order valence-electron chi connectivity index (χ1n) is 4.56. The highest BCUT2D eigenvalue weighted by molar-refractivity contribution is 7.97. The van der Waals surface area contributed by atoms with Crippen molar-refractivity contribution in [1.29, 1.82) is 0 Å². The summed E-state index contributed by atoms with van der Waals surface area (Å²) < 4.78 is 2.45. The van der Waals surface area contributed by atoms with Crippen molar-refractivity contribution in [1.82, 2.24) is 4.31 Å². The van der Waals surface area contributed by atoms with Crippen molar-refractivity contribution in [3.05, 3.63) is 0 Å². The van der Waals surface area contributed by atoms with E-state index in [0.717, 1.165) is 12.0 Å². The van der Waals surface area contributed by atoms with Gasteiger partial charge in [0.1, 0.15) is 0 Å². The quantitative estimate of drug-likeness (QED) is 0.591. The number of hydrogen-bond donors (Lipinski definition) is 0. The van der Waals surface area contributed by atoms with Crippen LogP contribution in [0.25, 0.3) is 0 Å². The molecule has 0 N–H and O–H groups in total. The normalized spacial score (nSPS) is 27.8. The molecule has 1 unspecified atom stereocenters. The Morgan fingerprint density at radius 3 is 2.82 bits per heavy atom. The molecule has 1 heterocycles. The van der Waals surface area contributed by atoms with Crippen molar-refractivity contribution >= 4 is 11.9 Å². The molecule has 0 bridgehead atoms. The largest absolute Gasteiger partial charge is 0.251 e. The van der Waals surface area contributed by atoms with Crippen LogP contribution in [0.15, 0.2) is 0 Å². The molecule has 0 saturated carbocycles. The minimum absolute atomic E-state index is 0.841. The lowest BCUT2D eigenvalue weighted by atomic mass is 10.0. The summed E-state index contributed by atoms with van der Waals surface area (Å²) in [5, 5.41) is 0. The Bertz CT molecular complexity index is 114. The minimum atomic E-state index is 0.841. The number of nitrogens with zero attached hydrogens (tertiary/aromatic N) is 1. The van der Waals surface area contributed by atoms with Crippen LogP contribution in [0, 0.1) is 5.92 Å². The van der Waals surface area contributed by atoms with E-state index in [0.29, 0.717) is 0 Å². The molecule has 0 amide bonds. The van der Waals surface area contributed by atoms with E-state index in [-0.39, 0.29) is 0 Å². The summed E-state index contributed by atoms with van der Waals surface area (Å²) in [4.78, 5) is 0. The van der Waals surface area contributed by atoms with Crippen LogP contribution in [-0.4, -0.2) is 23.1 Å². The Kier molecular flexibility index (Phi) is 3.73. The van der Waals surface area contributed by atoms with E-state index >= 15 is 0 Å². The van der Waals surface area contributed by atoms with Crippen LogP contribution in [0.5, 0.6) is 0 Å². The lowest BCUT2D eigenvalue weighted by molar-refractivity contribution is 0.312. The molecule has 0 radical (unpaired) electrons. The smallest absolute Gasteiger partial charge is 0.0202 e.